The van der Waals surface area contributed by atoms with Gasteiger partial charge in [0, 0.05) is 11.4 Å². The molecule has 0 aliphatic carbocycles. The van der Waals surface area contributed by atoms with E-state index in [-0.39, 0.29) is 0 Å². The lowest BCUT2D eigenvalue weighted by atomic mass is 10.2. The normalized spacial score (nSPS) is 12.3. The van der Waals surface area contributed by atoms with E-state index in [1.165, 1.54) is 4.90 Å². The summed E-state index contributed by atoms with van der Waals surface area (Å²) in [6, 6.07) is 7.72. The highest BCUT2D eigenvalue weighted by Gasteiger charge is 2.15. The minimum atomic E-state index is -0.773. The van der Waals surface area contributed by atoms with Crippen molar-refractivity contribution in [1.29, 1.82) is 0 Å². The molecule has 0 aromatic heterocycles. The minimum absolute atomic E-state index is 0.460. The molecule has 0 bridgehead atoms. The lowest BCUT2D eigenvalue weighted by Crippen LogP contribution is -2.36. The van der Waals surface area contributed by atoms with Crippen LogP contribution in [0, 0.1) is 0 Å². The first-order valence-corrected chi connectivity index (χ1v) is 8.37. The molecule has 5 heteroatoms. The van der Waals surface area contributed by atoms with Crippen LogP contribution in [0.15, 0.2) is 29.2 Å². The number of carboxylic acid groups (broad SMARTS) is 1. The first kappa shape index (κ1) is 15.4. The Morgan fingerprint density at radius 2 is 2.00 bits per heavy atom. The van der Waals surface area contributed by atoms with Crippen molar-refractivity contribution in [3.63, 3.8) is 0 Å². The smallest absolute Gasteiger partial charge is 0.320 e. The van der Waals surface area contributed by atoms with Crippen LogP contribution in [0.1, 0.15) is 12.0 Å². The van der Waals surface area contributed by atoms with Gasteiger partial charge in [-0.15, -0.1) is 11.8 Å². The molecule has 0 saturated heterocycles. The Morgan fingerprint density at radius 3 is 2.50 bits per heavy atom. The molecule has 2 N–H and O–H groups in total. The molecule has 1 aromatic carbocycles. The Hall–Kier alpha value is -0.650. The fourth-order valence-corrected chi connectivity index (χ4v) is 2.41. The molecule has 1 aromatic rings. The molecule has 0 amide bonds. The zero-order valence-electron chi connectivity index (χ0n) is 10.7. The van der Waals surface area contributed by atoms with Crippen molar-refractivity contribution in [2.24, 2.45) is 0 Å². The van der Waals surface area contributed by atoms with E-state index in [0.717, 1.165) is 11.3 Å². The van der Waals surface area contributed by atoms with Crippen LogP contribution >= 0.6 is 23.5 Å². The molecule has 0 aliphatic heterocycles. The highest BCUT2D eigenvalue weighted by atomic mass is 32.2. The summed E-state index contributed by atoms with van der Waals surface area (Å²) in [7, 11) is 0. The summed E-state index contributed by atoms with van der Waals surface area (Å²) in [6.07, 6.45) is 4.68. The van der Waals surface area contributed by atoms with E-state index < -0.39 is 12.0 Å². The molecule has 0 spiro atoms. The molecular weight excluding hydrogens is 266 g/mol. The number of carbonyl (C=O) groups is 1. The summed E-state index contributed by atoms with van der Waals surface area (Å²) in [4.78, 5) is 12.3. The number of benzene rings is 1. The third-order valence-corrected chi connectivity index (χ3v) is 4.01. The van der Waals surface area contributed by atoms with E-state index >= 15 is 0 Å². The zero-order chi connectivity index (χ0) is 13.4. The molecule has 0 radical (unpaired) electrons. The van der Waals surface area contributed by atoms with E-state index in [9.17, 15) is 4.79 Å². The number of hydrogen-bond acceptors (Lipinski definition) is 4. The SMILES string of the molecule is CSCC[C@H](NCc1ccc(SC)cc1)C(=O)O. The summed E-state index contributed by atoms with van der Waals surface area (Å²) in [5, 5.41) is 12.2. The number of aliphatic carboxylic acids is 1. The van der Waals surface area contributed by atoms with Crippen LogP contribution in [-0.2, 0) is 11.3 Å². The Bertz CT molecular complexity index is 368. The third kappa shape index (κ3) is 5.33. The van der Waals surface area contributed by atoms with Crippen LogP contribution in [0.4, 0.5) is 0 Å². The van der Waals surface area contributed by atoms with Gasteiger partial charge in [-0.3, -0.25) is 4.79 Å². The van der Waals surface area contributed by atoms with Gasteiger partial charge in [-0.1, -0.05) is 12.1 Å². The molecule has 1 atom stereocenters. The van der Waals surface area contributed by atoms with E-state index in [0.29, 0.717) is 13.0 Å². The van der Waals surface area contributed by atoms with Crippen LogP contribution in [-0.4, -0.2) is 35.4 Å². The molecule has 18 heavy (non-hydrogen) atoms. The number of rotatable bonds is 8. The molecule has 0 heterocycles. The maximum atomic E-state index is 11.1. The summed E-state index contributed by atoms with van der Waals surface area (Å²) in [5.41, 5.74) is 1.11. The van der Waals surface area contributed by atoms with E-state index in [1.54, 1.807) is 23.5 Å². The van der Waals surface area contributed by atoms with Gasteiger partial charge in [0.1, 0.15) is 6.04 Å². The molecule has 100 valence electrons. The van der Waals surface area contributed by atoms with Gasteiger partial charge in [0.05, 0.1) is 0 Å². The van der Waals surface area contributed by atoms with Gasteiger partial charge in [0.25, 0.3) is 0 Å². The van der Waals surface area contributed by atoms with E-state index in [1.807, 2.05) is 24.6 Å². The van der Waals surface area contributed by atoms with Gasteiger partial charge in [-0.2, -0.15) is 11.8 Å². The van der Waals surface area contributed by atoms with Gasteiger partial charge >= 0.3 is 5.97 Å². The number of hydrogen-bond donors (Lipinski definition) is 2. The highest BCUT2D eigenvalue weighted by Crippen LogP contribution is 2.14. The Balaban J connectivity index is 2.47. The second-order valence-electron chi connectivity index (χ2n) is 3.90. The van der Waals surface area contributed by atoms with Crippen molar-refractivity contribution < 1.29 is 9.90 Å². The molecule has 1 rings (SSSR count). The van der Waals surface area contributed by atoms with Gasteiger partial charge in [-0.05, 0) is 42.4 Å². The van der Waals surface area contributed by atoms with Gasteiger partial charge in [-0.25, -0.2) is 0 Å². The second-order valence-corrected chi connectivity index (χ2v) is 5.77. The van der Waals surface area contributed by atoms with Crippen LogP contribution < -0.4 is 5.32 Å². The maximum Gasteiger partial charge on any atom is 0.320 e. The summed E-state index contributed by atoms with van der Waals surface area (Å²) in [5.74, 6) is 0.0832. The average molecular weight is 285 g/mol. The molecule has 3 nitrogen and oxygen atoms in total. The summed E-state index contributed by atoms with van der Waals surface area (Å²) >= 11 is 3.37. The van der Waals surface area contributed by atoms with Crippen LogP contribution in [0.3, 0.4) is 0 Å². The van der Waals surface area contributed by atoms with Crippen LogP contribution in [0.2, 0.25) is 0 Å². The predicted molar refractivity (Wildman–Crippen MR) is 79.5 cm³/mol. The highest BCUT2D eigenvalue weighted by molar-refractivity contribution is 7.98. The Labute approximate surface area is 117 Å². The largest absolute Gasteiger partial charge is 0.480 e. The zero-order valence-corrected chi connectivity index (χ0v) is 12.3. The molecule has 0 aliphatic rings. The van der Waals surface area contributed by atoms with E-state index in [4.69, 9.17) is 5.11 Å². The summed E-state index contributed by atoms with van der Waals surface area (Å²) < 4.78 is 0. The topological polar surface area (TPSA) is 49.3 Å². The quantitative estimate of drug-likeness (QED) is 0.719. The summed E-state index contributed by atoms with van der Waals surface area (Å²) in [6.45, 7) is 0.597. The Kier molecular flexibility index (Phi) is 7.23. The third-order valence-electron chi connectivity index (χ3n) is 2.62. The number of nitrogens with one attached hydrogen (secondary N) is 1. The molecular formula is C13H19NO2S2. The second kappa shape index (κ2) is 8.45. The van der Waals surface area contributed by atoms with Crippen molar-refractivity contribution in [3.05, 3.63) is 29.8 Å². The molecule has 0 unspecified atom stereocenters. The van der Waals surface area contributed by atoms with Crippen molar-refractivity contribution in [3.8, 4) is 0 Å². The fraction of sp³-hybridized carbons (Fsp3) is 0.462. The molecule has 0 saturated carbocycles. The van der Waals surface area contributed by atoms with Crippen LogP contribution in [0.25, 0.3) is 0 Å². The number of thioether (sulfide) groups is 2. The maximum absolute atomic E-state index is 11.1. The standard InChI is InChI=1S/C13H19NO2S2/c1-17-8-7-12(13(15)16)14-9-10-3-5-11(18-2)6-4-10/h3-6,12,14H,7-9H2,1-2H3,(H,15,16)/t12-/m0/s1. The Morgan fingerprint density at radius 1 is 1.33 bits per heavy atom. The number of carboxylic acids is 1. The van der Waals surface area contributed by atoms with Gasteiger partial charge in [0.2, 0.25) is 0 Å². The fourth-order valence-electron chi connectivity index (χ4n) is 1.53. The lowest BCUT2D eigenvalue weighted by Gasteiger charge is -2.14. The van der Waals surface area contributed by atoms with Gasteiger partial charge in [0.15, 0.2) is 0 Å². The van der Waals surface area contributed by atoms with E-state index in [2.05, 4.69) is 17.4 Å². The molecule has 0 fully saturated rings. The first-order valence-electron chi connectivity index (χ1n) is 5.75. The average Bonchev–Trinajstić information content (AvgIpc) is 2.39. The van der Waals surface area contributed by atoms with Crippen molar-refractivity contribution >= 4 is 29.5 Å². The lowest BCUT2D eigenvalue weighted by molar-refractivity contribution is -0.139. The van der Waals surface area contributed by atoms with Crippen molar-refractivity contribution in [2.45, 2.75) is 23.9 Å². The monoisotopic (exact) mass is 285 g/mol. The minimum Gasteiger partial charge on any atom is -0.480 e. The first-order chi connectivity index (χ1) is 8.67. The van der Waals surface area contributed by atoms with Crippen molar-refractivity contribution in [1.82, 2.24) is 5.32 Å². The predicted octanol–water partition coefficient (Wildman–Crippen LogP) is 2.70. The van der Waals surface area contributed by atoms with Gasteiger partial charge < -0.3 is 10.4 Å². The van der Waals surface area contributed by atoms with Crippen LogP contribution in [0.5, 0.6) is 0 Å². The van der Waals surface area contributed by atoms with Crippen molar-refractivity contribution in [2.75, 3.05) is 18.3 Å².